The van der Waals surface area contributed by atoms with E-state index >= 15 is 0 Å². The molecule has 10 heteroatoms. The van der Waals surface area contributed by atoms with Crippen molar-refractivity contribution in [1.29, 1.82) is 0 Å². The molecule has 156 valence electrons. The Balaban J connectivity index is 1.58. The Morgan fingerprint density at radius 2 is 1.87 bits per heavy atom. The number of hydrogen-bond acceptors (Lipinski definition) is 6. The predicted octanol–water partition coefficient (Wildman–Crippen LogP) is 1.02. The van der Waals surface area contributed by atoms with E-state index in [1.165, 1.54) is 0 Å². The lowest BCUT2D eigenvalue weighted by atomic mass is 10.1. The lowest BCUT2D eigenvalue weighted by molar-refractivity contribution is -0.139. The predicted molar refractivity (Wildman–Crippen MR) is 111 cm³/mol. The molecule has 1 aromatic heterocycles. The Hall–Kier alpha value is -3.11. The van der Waals surface area contributed by atoms with Crippen LogP contribution in [0.3, 0.4) is 0 Å². The Morgan fingerprint density at radius 3 is 2.60 bits per heavy atom. The molecule has 0 unspecified atom stereocenters. The number of rotatable bonds is 5. The summed E-state index contributed by atoms with van der Waals surface area (Å²) in [7, 11) is 0. The zero-order chi connectivity index (χ0) is 21.3. The van der Waals surface area contributed by atoms with Crippen molar-refractivity contribution in [1.82, 2.24) is 14.4 Å². The van der Waals surface area contributed by atoms with Crippen molar-refractivity contribution in [3.8, 4) is 0 Å². The number of imide groups is 1. The van der Waals surface area contributed by atoms with Gasteiger partial charge in [-0.25, -0.2) is 0 Å². The van der Waals surface area contributed by atoms with Gasteiger partial charge in [-0.2, -0.15) is 0 Å². The summed E-state index contributed by atoms with van der Waals surface area (Å²) in [4.78, 5) is 51.8. The summed E-state index contributed by atoms with van der Waals surface area (Å²) in [6.45, 7) is 1.51. The molecule has 2 aliphatic rings. The molecule has 30 heavy (non-hydrogen) atoms. The highest BCUT2D eigenvalue weighted by Crippen LogP contribution is 2.34. The maximum atomic E-state index is 12.8. The van der Waals surface area contributed by atoms with E-state index in [1.807, 2.05) is 24.3 Å². The fourth-order valence-corrected chi connectivity index (χ4v) is 4.34. The number of primary amides is 1. The van der Waals surface area contributed by atoms with E-state index in [0.29, 0.717) is 31.9 Å². The van der Waals surface area contributed by atoms with Gasteiger partial charge in [0.05, 0.1) is 18.1 Å². The number of morpholine rings is 1. The largest absolute Gasteiger partial charge is 0.378 e. The quantitative estimate of drug-likeness (QED) is 0.711. The second kappa shape index (κ2) is 8.33. The molecule has 0 radical (unpaired) electrons. The van der Waals surface area contributed by atoms with Crippen LogP contribution in [0.25, 0.3) is 17.0 Å². The summed E-state index contributed by atoms with van der Waals surface area (Å²) < 4.78 is 6.93. The summed E-state index contributed by atoms with van der Waals surface area (Å²) in [6, 6.07) is 7.41. The summed E-state index contributed by atoms with van der Waals surface area (Å²) in [5, 5.41) is 0.351. The number of amides is 4. The summed E-state index contributed by atoms with van der Waals surface area (Å²) in [5.41, 5.74) is 6.81. The molecule has 0 atom stereocenters. The zero-order valence-electron chi connectivity index (χ0n) is 16.1. The number of carbonyl (C=O) groups is 4. The van der Waals surface area contributed by atoms with Gasteiger partial charge in [-0.3, -0.25) is 24.1 Å². The molecule has 2 aromatic rings. The molecular formula is C20H20N4O5S. The highest BCUT2D eigenvalue weighted by molar-refractivity contribution is 8.18. The van der Waals surface area contributed by atoms with Crippen molar-refractivity contribution in [3.63, 3.8) is 0 Å². The Morgan fingerprint density at radius 1 is 1.13 bits per heavy atom. The van der Waals surface area contributed by atoms with Crippen molar-refractivity contribution < 1.29 is 23.9 Å². The third-order valence-corrected chi connectivity index (χ3v) is 5.87. The van der Waals surface area contributed by atoms with Crippen LogP contribution in [0.15, 0.2) is 35.4 Å². The molecule has 0 saturated carbocycles. The van der Waals surface area contributed by atoms with Crippen molar-refractivity contribution in [2.45, 2.75) is 6.54 Å². The summed E-state index contributed by atoms with van der Waals surface area (Å²) in [5.74, 6) is -1.26. The number of para-hydroxylation sites is 1. The average molecular weight is 428 g/mol. The first kappa shape index (κ1) is 20.2. The van der Waals surface area contributed by atoms with E-state index in [2.05, 4.69) is 0 Å². The van der Waals surface area contributed by atoms with Gasteiger partial charge >= 0.3 is 0 Å². The molecule has 0 aliphatic carbocycles. The minimum absolute atomic E-state index is 0.00385. The van der Waals surface area contributed by atoms with E-state index in [4.69, 9.17) is 10.5 Å². The van der Waals surface area contributed by atoms with E-state index in [-0.39, 0.29) is 23.9 Å². The third kappa shape index (κ3) is 3.96. The first-order valence-electron chi connectivity index (χ1n) is 9.41. The van der Waals surface area contributed by atoms with Crippen LogP contribution in [0.1, 0.15) is 5.56 Å². The van der Waals surface area contributed by atoms with Crippen molar-refractivity contribution >= 4 is 51.7 Å². The Labute approximate surface area is 176 Å². The van der Waals surface area contributed by atoms with Gasteiger partial charge in [-0.1, -0.05) is 18.2 Å². The number of ether oxygens (including phenoxy) is 1. The van der Waals surface area contributed by atoms with Gasteiger partial charge in [0.1, 0.15) is 13.1 Å². The van der Waals surface area contributed by atoms with Crippen molar-refractivity contribution in [2.24, 2.45) is 5.73 Å². The molecule has 4 rings (SSSR count). The maximum Gasteiger partial charge on any atom is 0.294 e. The molecular weight excluding hydrogens is 408 g/mol. The van der Waals surface area contributed by atoms with Crippen molar-refractivity contribution in [3.05, 3.63) is 40.9 Å². The van der Waals surface area contributed by atoms with Crippen molar-refractivity contribution in [2.75, 3.05) is 32.8 Å². The molecule has 2 N–H and O–H groups in total. The van der Waals surface area contributed by atoms with E-state index < -0.39 is 17.1 Å². The molecule has 1 aromatic carbocycles. The van der Waals surface area contributed by atoms with Gasteiger partial charge in [0, 0.05) is 35.8 Å². The minimum atomic E-state index is -0.502. The van der Waals surface area contributed by atoms with Crippen LogP contribution in [-0.4, -0.2) is 70.2 Å². The van der Waals surface area contributed by atoms with Crippen LogP contribution < -0.4 is 5.73 Å². The molecule has 3 heterocycles. The van der Waals surface area contributed by atoms with Crippen LogP contribution in [0.4, 0.5) is 4.79 Å². The van der Waals surface area contributed by atoms with E-state index in [1.54, 1.807) is 21.7 Å². The number of carbonyl (C=O) groups excluding carboxylic acids is 4. The molecule has 2 saturated heterocycles. The van der Waals surface area contributed by atoms with Gasteiger partial charge in [0.25, 0.3) is 11.1 Å². The summed E-state index contributed by atoms with van der Waals surface area (Å²) in [6.07, 6.45) is 3.34. The molecule has 4 amide bonds. The van der Waals surface area contributed by atoms with Gasteiger partial charge in [0.2, 0.25) is 11.8 Å². The van der Waals surface area contributed by atoms with Gasteiger partial charge in [-0.15, -0.1) is 0 Å². The van der Waals surface area contributed by atoms with E-state index in [9.17, 15) is 19.2 Å². The van der Waals surface area contributed by atoms with Crippen LogP contribution in [0, 0.1) is 0 Å². The highest BCUT2D eigenvalue weighted by Gasteiger charge is 2.37. The number of nitrogens with zero attached hydrogens (tertiary/aromatic N) is 3. The maximum absolute atomic E-state index is 12.8. The standard InChI is InChI=1S/C20H20N4O5S/c21-17(25)11-23-10-13(14-3-1-2-4-15(14)23)9-16-19(27)24(20(28)30-16)12-18(26)22-5-7-29-8-6-22/h1-4,9-10H,5-8,11-12H2,(H2,21,25). The topological polar surface area (TPSA) is 115 Å². The molecule has 0 bridgehead atoms. The molecule has 0 spiro atoms. The summed E-state index contributed by atoms with van der Waals surface area (Å²) >= 11 is 0.799. The Bertz CT molecular complexity index is 1070. The third-order valence-electron chi connectivity index (χ3n) is 4.96. The SMILES string of the molecule is NC(=O)Cn1cc(C=C2SC(=O)N(CC(=O)N3CCOCC3)C2=O)c2ccccc21. The molecule has 2 fully saturated rings. The second-order valence-corrected chi connectivity index (χ2v) is 7.95. The van der Waals surface area contributed by atoms with Crippen LogP contribution in [0.2, 0.25) is 0 Å². The fourth-order valence-electron chi connectivity index (χ4n) is 3.51. The first-order valence-corrected chi connectivity index (χ1v) is 10.2. The smallest absolute Gasteiger partial charge is 0.294 e. The lowest BCUT2D eigenvalue weighted by Gasteiger charge is -2.28. The first-order chi connectivity index (χ1) is 14.4. The lowest BCUT2D eigenvalue weighted by Crippen LogP contribution is -2.46. The number of fused-ring (bicyclic) bond motifs is 1. The van der Waals surface area contributed by atoms with Crippen LogP contribution >= 0.6 is 11.8 Å². The number of nitrogens with two attached hydrogens (primary N) is 1. The Kier molecular flexibility index (Phi) is 5.60. The van der Waals surface area contributed by atoms with Gasteiger partial charge < -0.3 is 19.9 Å². The van der Waals surface area contributed by atoms with Gasteiger partial charge in [0.15, 0.2) is 0 Å². The average Bonchev–Trinajstić information content (AvgIpc) is 3.20. The zero-order valence-corrected chi connectivity index (χ0v) is 16.9. The molecule has 2 aliphatic heterocycles. The fraction of sp³-hybridized carbons (Fsp3) is 0.300. The van der Waals surface area contributed by atoms with Crippen LogP contribution in [0.5, 0.6) is 0 Å². The normalized spacial score (nSPS) is 18.6. The van der Waals surface area contributed by atoms with Gasteiger partial charge in [-0.05, 0) is 23.9 Å². The molecule has 9 nitrogen and oxygen atoms in total. The minimum Gasteiger partial charge on any atom is -0.378 e. The number of aromatic nitrogens is 1. The second-order valence-electron chi connectivity index (χ2n) is 6.96. The van der Waals surface area contributed by atoms with Crippen LogP contribution in [-0.2, 0) is 25.7 Å². The monoisotopic (exact) mass is 428 g/mol. The number of benzene rings is 1. The van der Waals surface area contributed by atoms with E-state index in [0.717, 1.165) is 27.6 Å². The highest BCUT2D eigenvalue weighted by atomic mass is 32.2. The number of thioether (sulfide) groups is 1. The number of hydrogen-bond donors (Lipinski definition) is 1.